The molecule has 1 aliphatic heterocycles. The van der Waals surface area contributed by atoms with Crippen molar-refractivity contribution in [1.29, 1.82) is 0 Å². The summed E-state index contributed by atoms with van der Waals surface area (Å²) in [5, 5.41) is 2.11. The minimum Gasteiger partial charge on any atom is -0.291 e. The Bertz CT molecular complexity index is 479. The third kappa shape index (κ3) is 1.23. The van der Waals surface area contributed by atoms with Crippen LogP contribution >= 0.6 is 15.9 Å². The molecule has 2 nitrogen and oxygen atoms in total. The van der Waals surface area contributed by atoms with Gasteiger partial charge >= 0.3 is 0 Å². The smallest absolute Gasteiger partial charge is 0.0976 e. The molecular formula is C14H16BrNO. The van der Waals surface area contributed by atoms with E-state index in [1.54, 1.807) is 0 Å². The van der Waals surface area contributed by atoms with Gasteiger partial charge in [0, 0.05) is 16.9 Å². The SMILES string of the molecule is CN1OC2(CC2)C2(CC2)C1c1ccccc1Br. The Kier molecular flexibility index (Phi) is 1.94. The molecular weight excluding hydrogens is 278 g/mol. The molecule has 0 radical (unpaired) electrons. The average molecular weight is 294 g/mol. The van der Waals surface area contributed by atoms with Gasteiger partial charge in [0.2, 0.25) is 0 Å². The molecule has 1 aromatic carbocycles. The highest BCUT2D eigenvalue weighted by atomic mass is 79.9. The maximum atomic E-state index is 6.17. The van der Waals surface area contributed by atoms with E-state index < -0.39 is 0 Å². The molecule has 1 heterocycles. The Labute approximate surface area is 110 Å². The van der Waals surface area contributed by atoms with Gasteiger partial charge in [-0.3, -0.25) is 4.84 Å². The number of fused-ring (bicyclic) bond motifs is 1. The molecule has 2 saturated carbocycles. The van der Waals surface area contributed by atoms with Crippen LogP contribution in [0.15, 0.2) is 28.7 Å². The highest BCUT2D eigenvalue weighted by molar-refractivity contribution is 9.10. The van der Waals surface area contributed by atoms with Crippen molar-refractivity contribution in [2.75, 3.05) is 7.05 Å². The third-order valence-electron chi connectivity index (χ3n) is 4.81. The molecule has 0 bridgehead atoms. The largest absolute Gasteiger partial charge is 0.291 e. The average Bonchev–Trinajstić information content (AvgIpc) is 3.14. The van der Waals surface area contributed by atoms with E-state index in [4.69, 9.17) is 4.84 Å². The van der Waals surface area contributed by atoms with Gasteiger partial charge in [-0.05, 0) is 37.3 Å². The van der Waals surface area contributed by atoms with Crippen LogP contribution < -0.4 is 0 Å². The lowest BCUT2D eigenvalue weighted by atomic mass is 9.85. The molecule has 2 aliphatic carbocycles. The zero-order valence-corrected chi connectivity index (χ0v) is 11.5. The maximum absolute atomic E-state index is 6.17. The van der Waals surface area contributed by atoms with E-state index in [-0.39, 0.29) is 5.60 Å². The fraction of sp³-hybridized carbons (Fsp3) is 0.571. The Balaban J connectivity index is 1.81. The summed E-state index contributed by atoms with van der Waals surface area (Å²) in [7, 11) is 2.09. The van der Waals surface area contributed by atoms with Crippen LogP contribution in [0.25, 0.3) is 0 Å². The van der Waals surface area contributed by atoms with Crippen molar-refractivity contribution in [3.8, 4) is 0 Å². The van der Waals surface area contributed by atoms with Crippen LogP contribution in [0, 0.1) is 5.41 Å². The van der Waals surface area contributed by atoms with Crippen LogP contribution in [-0.2, 0) is 4.84 Å². The molecule has 1 atom stereocenters. The van der Waals surface area contributed by atoms with Crippen molar-refractivity contribution in [3.63, 3.8) is 0 Å². The molecule has 3 heteroatoms. The quantitative estimate of drug-likeness (QED) is 0.783. The summed E-state index contributed by atoms with van der Waals surface area (Å²) in [6.07, 6.45) is 5.14. The van der Waals surface area contributed by atoms with Gasteiger partial charge in [-0.1, -0.05) is 34.1 Å². The summed E-state index contributed by atoms with van der Waals surface area (Å²) in [6, 6.07) is 9.01. The van der Waals surface area contributed by atoms with Gasteiger partial charge in [-0.25, -0.2) is 0 Å². The van der Waals surface area contributed by atoms with Gasteiger partial charge in [-0.2, -0.15) is 5.06 Å². The number of hydroxylamine groups is 2. The number of nitrogens with zero attached hydrogens (tertiary/aromatic N) is 1. The number of hydrogen-bond acceptors (Lipinski definition) is 2. The molecule has 1 saturated heterocycles. The minimum absolute atomic E-state index is 0.196. The first-order valence-electron chi connectivity index (χ1n) is 6.35. The number of hydrogen-bond donors (Lipinski definition) is 0. The fourth-order valence-corrected chi connectivity index (χ4v) is 4.27. The normalized spacial score (nSPS) is 32.2. The summed E-state index contributed by atoms with van der Waals surface area (Å²) in [5.41, 5.74) is 1.99. The van der Waals surface area contributed by atoms with Crippen molar-refractivity contribution in [2.45, 2.75) is 37.3 Å². The molecule has 2 spiro atoms. The lowest BCUT2D eigenvalue weighted by Gasteiger charge is -2.24. The van der Waals surface area contributed by atoms with Crippen molar-refractivity contribution in [2.24, 2.45) is 5.41 Å². The third-order valence-corrected chi connectivity index (χ3v) is 5.53. The monoisotopic (exact) mass is 293 g/mol. The number of rotatable bonds is 1. The molecule has 0 N–H and O–H groups in total. The molecule has 1 aromatic rings. The predicted octanol–water partition coefficient (Wildman–Crippen LogP) is 3.68. The maximum Gasteiger partial charge on any atom is 0.0976 e. The van der Waals surface area contributed by atoms with Gasteiger partial charge < -0.3 is 0 Å². The van der Waals surface area contributed by atoms with Gasteiger partial charge in [0.05, 0.1) is 11.6 Å². The first-order valence-corrected chi connectivity index (χ1v) is 7.14. The molecule has 3 aliphatic rings. The van der Waals surface area contributed by atoms with E-state index in [1.165, 1.54) is 35.7 Å². The van der Waals surface area contributed by atoms with Crippen LogP contribution in [-0.4, -0.2) is 17.7 Å². The van der Waals surface area contributed by atoms with Crippen molar-refractivity contribution < 1.29 is 4.84 Å². The van der Waals surface area contributed by atoms with E-state index in [0.29, 0.717) is 11.5 Å². The van der Waals surface area contributed by atoms with Gasteiger partial charge in [0.15, 0.2) is 0 Å². The van der Waals surface area contributed by atoms with E-state index in [1.807, 2.05) is 0 Å². The Hall–Kier alpha value is -0.380. The molecule has 17 heavy (non-hydrogen) atoms. The zero-order valence-electron chi connectivity index (χ0n) is 9.95. The van der Waals surface area contributed by atoms with E-state index >= 15 is 0 Å². The first-order chi connectivity index (χ1) is 8.19. The van der Waals surface area contributed by atoms with Gasteiger partial charge in [0.25, 0.3) is 0 Å². The Morgan fingerprint density at radius 3 is 2.53 bits per heavy atom. The second-order valence-corrected chi connectivity index (χ2v) is 6.57. The lowest BCUT2D eigenvalue weighted by Crippen LogP contribution is -2.24. The first kappa shape index (κ1) is 10.5. The lowest BCUT2D eigenvalue weighted by molar-refractivity contribution is -0.156. The summed E-state index contributed by atoms with van der Waals surface area (Å²) in [5.74, 6) is 0. The van der Waals surface area contributed by atoms with Gasteiger partial charge in [0.1, 0.15) is 0 Å². The van der Waals surface area contributed by atoms with Crippen molar-refractivity contribution in [3.05, 3.63) is 34.3 Å². The number of benzene rings is 1. The predicted molar refractivity (Wildman–Crippen MR) is 69.4 cm³/mol. The highest BCUT2D eigenvalue weighted by Crippen LogP contribution is 2.76. The molecule has 4 rings (SSSR count). The second-order valence-electron chi connectivity index (χ2n) is 5.71. The summed E-state index contributed by atoms with van der Waals surface area (Å²) in [4.78, 5) is 6.17. The standard InChI is InChI=1S/C14H16BrNO/c1-16-12(10-4-2-3-5-11(10)15)13(6-7-13)14(17-16)8-9-14/h2-5,12H,6-9H2,1H3. The zero-order chi connectivity index (χ0) is 11.7. The van der Waals surface area contributed by atoms with Crippen molar-refractivity contribution in [1.82, 2.24) is 5.06 Å². The number of halogens is 1. The Morgan fingerprint density at radius 1 is 1.24 bits per heavy atom. The van der Waals surface area contributed by atoms with Crippen LogP contribution in [0.5, 0.6) is 0 Å². The van der Waals surface area contributed by atoms with Crippen LogP contribution in [0.3, 0.4) is 0 Å². The Morgan fingerprint density at radius 2 is 1.94 bits per heavy atom. The van der Waals surface area contributed by atoms with Crippen LogP contribution in [0.1, 0.15) is 37.3 Å². The molecule has 1 unspecified atom stereocenters. The van der Waals surface area contributed by atoms with Crippen molar-refractivity contribution >= 4 is 15.9 Å². The molecule has 0 amide bonds. The topological polar surface area (TPSA) is 12.5 Å². The van der Waals surface area contributed by atoms with E-state index in [0.717, 1.165) is 0 Å². The summed E-state index contributed by atoms with van der Waals surface area (Å²) < 4.78 is 1.21. The minimum atomic E-state index is 0.196. The molecule has 0 aromatic heterocycles. The second kappa shape index (κ2) is 3.14. The molecule has 3 fully saturated rings. The summed E-state index contributed by atoms with van der Waals surface area (Å²) in [6.45, 7) is 0. The fourth-order valence-electron chi connectivity index (χ4n) is 3.77. The van der Waals surface area contributed by atoms with E-state index in [9.17, 15) is 0 Å². The van der Waals surface area contributed by atoms with Crippen LogP contribution in [0.4, 0.5) is 0 Å². The summed E-state index contributed by atoms with van der Waals surface area (Å²) >= 11 is 3.69. The highest BCUT2D eigenvalue weighted by Gasteiger charge is 2.75. The van der Waals surface area contributed by atoms with E-state index in [2.05, 4.69) is 52.3 Å². The van der Waals surface area contributed by atoms with Gasteiger partial charge in [-0.15, -0.1) is 0 Å². The molecule has 90 valence electrons. The van der Waals surface area contributed by atoms with Crippen LogP contribution in [0.2, 0.25) is 0 Å².